The number of hydrogen-bond acceptors (Lipinski definition) is 5. The summed E-state index contributed by atoms with van der Waals surface area (Å²) in [5, 5.41) is 8.39. The van der Waals surface area contributed by atoms with Gasteiger partial charge in [-0.3, -0.25) is 9.58 Å². The SMILES string of the molecule is CCN(Cc1ccn(CC)n1)Cc1noc(C)n1. The van der Waals surface area contributed by atoms with Crippen LogP contribution in [-0.2, 0) is 19.6 Å². The van der Waals surface area contributed by atoms with E-state index in [0.29, 0.717) is 12.4 Å². The Hall–Kier alpha value is -1.69. The zero-order valence-corrected chi connectivity index (χ0v) is 11.1. The van der Waals surface area contributed by atoms with E-state index in [0.717, 1.165) is 31.2 Å². The van der Waals surface area contributed by atoms with Gasteiger partial charge >= 0.3 is 0 Å². The lowest BCUT2D eigenvalue weighted by molar-refractivity contribution is 0.255. The van der Waals surface area contributed by atoms with E-state index in [1.54, 1.807) is 6.92 Å². The summed E-state index contributed by atoms with van der Waals surface area (Å²) in [5.41, 5.74) is 1.07. The van der Waals surface area contributed by atoms with E-state index in [-0.39, 0.29) is 0 Å². The molecule has 6 nitrogen and oxygen atoms in total. The maximum atomic E-state index is 4.97. The molecule has 0 aliphatic rings. The topological polar surface area (TPSA) is 60.0 Å². The molecule has 0 N–H and O–H groups in total. The summed E-state index contributed by atoms with van der Waals surface area (Å²) in [6.45, 7) is 9.31. The highest BCUT2D eigenvalue weighted by Crippen LogP contribution is 2.06. The van der Waals surface area contributed by atoms with Gasteiger partial charge in [-0.05, 0) is 19.5 Å². The van der Waals surface area contributed by atoms with Crippen LogP contribution in [0.25, 0.3) is 0 Å². The first-order valence-corrected chi connectivity index (χ1v) is 6.25. The first kappa shape index (κ1) is 12.8. The number of rotatable bonds is 6. The Morgan fingerprint density at radius 3 is 2.72 bits per heavy atom. The van der Waals surface area contributed by atoms with Crippen molar-refractivity contribution in [2.75, 3.05) is 6.54 Å². The Bertz CT molecular complexity index is 490. The van der Waals surface area contributed by atoms with Gasteiger partial charge in [0.15, 0.2) is 5.82 Å². The number of aryl methyl sites for hydroxylation is 2. The van der Waals surface area contributed by atoms with E-state index in [4.69, 9.17) is 4.52 Å². The van der Waals surface area contributed by atoms with Gasteiger partial charge in [0.1, 0.15) is 0 Å². The normalized spacial score (nSPS) is 11.3. The molecule has 0 aliphatic heterocycles. The Morgan fingerprint density at radius 2 is 2.17 bits per heavy atom. The summed E-state index contributed by atoms with van der Waals surface area (Å²) in [5.74, 6) is 1.33. The molecule has 18 heavy (non-hydrogen) atoms. The van der Waals surface area contributed by atoms with Crippen molar-refractivity contribution in [3.05, 3.63) is 29.7 Å². The van der Waals surface area contributed by atoms with Crippen molar-refractivity contribution in [2.24, 2.45) is 0 Å². The Labute approximate surface area is 107 Å². The van der Waals surface area contributed by atoms with Crippen LogP contribution in [0.15, 0.2) is 16.8 Å². The van der Waals surface area contributed by atoms with Crippen LogP contribution in [-0.4, -0.2) is 31.4 Å². The molecular formula is C12H19N5O. The van der Waals surface area contributed by atoms with Crippen LogP contribution < -0.4 is 0 Å². The van der Waals surface area contributed by atoms with Crippen molar-refractivity contribution in [1.29, 1.82) is 0 Å². The second-order valence-corrected chi connectivity index (χ2v) is 4.20. The highest BCUT2D eigenvalue weighted by molar-refractivity contribution is 4.99. The number of aromatic nitrogens is 4. The molecule has 0 unspecified atom stereocenters. The molecule has 0 spiro atoms. The highest BCUT2D eigenvalue weighted by atomic mass is 16.5. The second-order valence-electron chi connectivity index (χ2n) is 4.20. The Balaban J connectivity index is 1.96. The molecule has 0 saturated carbocycles. The molecule has 2 heterocycles. The fraction of sp³-hybridized carbons (Fsp3) is 0.583. The highest BCUT2D eigenvalue weighted by Gasteiger charge is 2.10. The molecule has 0 aliphatic carbocycles. The molecule has 98 valence electrons. The summed E-state index contributed by atoms with van der Waals surface area (Å²) < 4.78 is 6.91. The summed E-state index contributed by atoms with van der Waals surface area (Å²) in [7, 11) is 0. The Kier molecular flexibility index (Phi) is 4.09. The average Bonchev–Trinajstić information content (AvgIpc) is 2.97. The quantitative estimate of drug-likeness (QED) is 0.778. The molecule has 2 aromatic rings. The Morgan fingerprint density at radius 1 is 1.33 bits per heavy atom. The minimum absolute atomic E-state index is 0.608. The van der Waals surface area contributed by atoms with Crippen molar-refractivity contribution in [1.82, 2.24) is 24.8 Å². The summed E-state index contributed by atoms with van der Waals surface area (Å²) in [4.78, 5) is 6.45. The van der Waals surface area contributed by atoms with Crippen LogP contribution in [0.1, 0.15) is 31.3 Å². The predicted molar refractivity (Wildman–Crippen MR) is 66.7 cm³/mol. The lowest BCUT2D eigenvalue weighted by atomic mass is 10.3. The van der Waals surface area contributed by atoms with E-state index < -0.39 is 0 Å². The zero-order chi connectivity index (χ0) is 13.0. The fourth-order valence-corrected chi connectivity index (χ4v) is 1.78. The molecule has 6 heteroatoms. The largest absolute Gasteiger partial charge is 0.340 e. The van der Waals surface area contributed by atoms with Crippen molar-refractivity contribution >= 4 is 0 Å². The number of hydrogen-bond donors (Lipinski definition) is 0. The lowest BCUT2D eigenvalue weighted by Gasteiger charge is -2.16. The molecular weight excluding hydrogens is 230 g/mol. The molecule has 0 fully saturated rings. The van der Waals surface area contributed by atoms with Gasteiger partial charge in [0.2, 0.25) is 5.89 Å². The van der Waals surface area contributed by atoms with Crippen LogP contribution in [0.4, 0.5) is 0 Å². The van der Waals surface area contributed by atoms with E-state index >= 15 is 0 Å². The molecule has 0 radical (unpaired) electrons. The van der Waals surface area contributed by atoms with Gasteiger partial charge in [0, 0.05) is 26.2 Å². The lowest BCUT2D eigenvalue weighted by Crippen LogP contribution is -2.23. The van der Waals surface area contributed by atoms with Crippen LogP contribution in [0.2, 0.25) is 0 Å². The molecule has 0 saturated heterocycles. The van der Waals surface area contributed by atoms with Gasteiger partial charge < -0.3 is 4.52 Å². The molecule has 0 aromatic carbocycles. The minimum atomic E-state index is 0.608. The standard InChI is InChI=1S/C12H19N5O/c1-4-16(9-12-13-10(3)18-15-12)8-11-6-7-17(5-2)14-11/h6-7H,4-5,8-9H2,1-3H3. The van der Waals surface area contributed by atoms with E-state index in [9.17, 15) is 0 Å². The van der Waals surface area contributed by atoms with Crippen LogP contribution in [0, 0.1) is 6.92 Å². The van der Waals surface area contributed by atoms with Crippen molar-refractivity contribution in [2.45, 2.75) is 40.4 Å². The molecule has 2 rings (SSSR count). The first-order chi connectivity index (χ1) is 8.71. The minimum Gasteiger partial charge on any atom is -0.340 e. The summed E-state index contributed by atoms with van der Waals surface area (Å²) in [6.07, 6.45) is 2.00. The number of nitrogens with zero attached hydrogens (tertiary/aromatic N) is 5. The van der Waals surface area contributed by atoms with Gasteiger partial charge in [-0.15, -0.1) is 0 Å². The van der Waals surface area contributed by atoms with Crippen molar-refractivity contribution in [3.63, 3.8) is 0 Å². The predicted octanol–water partition coefficient (Wildman–Crippen LogP) is 1.62. The van der Waals surface area contributed by atoms with Gasteiger partial charge in [0.05, 0.1) is 12.2 Å². The van der Waals surface area contributed by atoms with Gasteiger partial charge in [-0.2, -0.15) is 10.1 Å². The van der Waals surface area contributed by atoms with Gasteiger partial charge in [-0.1, -0.05) is 12.1 Å². The van der Waals surface area contributed by atoms with E-state index in [2.05, 4.69) is 34.0 Å². The smallest absolute Gasteiger partial charge is 0.223 e. The third kappa shape index (κ3) is 3.16. The van der Waals surface area contributed by atoms with Crippen molar-refractivity contribution in [3.8, 4) is 0 Å². The summed E-state index contributed by atoms with van der Waals surface area (Å²) >= 11 is 0. The maximum Gasteiger partial charge on any atom is 0.223 e. The monoisotopic (exact) mass is 249 g/mol. The summed E-state index contributed by atoms with van der Waals surface area (Å²) in [6, 6.07) is 2.05. The van der Waals surface area contributed by atoms with E-state index in [1.165, 1.54) is 0 Å². The molecule has 2 aromatic heterocycles. The van der Waals surface area contributed by atoms with Crippen LogP contribution in [0.3, 0.4) is 0 Å². The first-order valence-electron chi connectivity index (χ1n) is 6.25. The average molecular weight is 249 g/mol. The third-order valence-corrected chi connectivity index (χ3v) is 2.79. The van der Waals surface area contributed by atoms with E-state index in [1.807, 2.05) is 16.9 Å². The van der Waals surface area contributed by atoms with Gasteiger partial charge in [0.25, 0.3) is 0 Å². The fourth-order valence-electron chi connectivity index (χ4n) is 1.78. The van der Waals surface area contributed by atoms with Crippen molar-refractivity contribution < 1.29 is 4.52 Å². The zero-order valence-electron chi connectivity index (χ0n) is 11.1. The maximum absolute atomic E-state index is 4.97. The molecule has 0 amide bonds. The van der Waals surface area contributed by atoms with Gasteiger partial charge in [-0.25, -0.2) is 0 Å². The van der Waals surface area contributed by atoms with Crippen LogP contribution >= 0.6 is 0 Å². The second kappa shape index (κ2) is 5.77. The molecule has 0 atom stereocenters. The third-order valence-electron chi connectivity index (χ3n) is 2.79. The molecule has 0 bridgehead atoms. The van der Waals surface area contributed by atoms with Crippen LogP contribution in [0.5, 0.6) is 0 Å².